The molecule has 0 spiro atoms. The van der Waals surface area contributed by atoms with E-state index >= 15 is 0 Å². The van der Waals surface area contributed by atoms with E-state index < -0.39 is 5.82 Å². The lowest BCUT2D eigenvalue weighted by Crippen LogP contribution is -2.04. The number of carbonyl (C=O) groups excluding carboxylic acids is 1. The molecule has 0 fully saturated rings. The Morgan fingerprint density at radius 2 is 2.10 bits per heavy atom. The van der Waals surface area contributed by atoms with Gasteiger partial charge in [0.05, 0.1) is 19.8 Å². The maximum Gasteiger partial charge on any atom is 0.305 e. The van der Waals surface area contributed by atoms with Crippen molar-refractivity contribution in [2.24, 2.45) is 0 Å². The standard InChI is InChI=1S/C15H21FO4/c1-2-19-15(18)6-4-3-5-9-20-14-8-7-12(11-17)10-13(14)16/h7-8,10,17H,2-6,9,11H2,1H3. The maximum absolute atomic E-state index is 13.5. The van der Waals surface area contributed by atoms with Crippen molar-refractivity contribution in [2.75, 3.05) is 13.2 Å². The van der Waals surface area contributed by atoms with Crippen LogP contribution in [0.1, 0.15) is 38.2 Å². The molecule has 0 saturated heterocycles. The minimum atomic E-state index is -0.469. The van der Waals surface area contributed by atoms with Gasteiger partial charge in [0.25, 0.3) is 0 Å². The zero-order valence-corrected chi connectivity index (χ0v) is 11.7. The van der Waals surface area contributed by atoms with Crippen LogP contribution in [-0.4, -0.2) is 24.3 Å². The summed E-state index contributed by atoms with van der Waals surface area (Å²) in [6.45, 7) is 2.40. The molecule has 0 aliphatic rings. The zero-order chi connectivity index (χ0) is 14.8. The largest absolute Gasteiger partial charge is 0.491 e. The summed E-state index contributed by atoms with van der Waals surface area (Å²) in [5, 5.41) is 8.86. The molecule has 1 aromatic carbocycles. The van der Waals surface area contributed by atoms with Crippen LogP contribution in [0.4, 0.5) is 4.39 Å². The van der Waals surface area contributed by atoms with Crippen molar-refractivity contribution in [2.45, 2.75) is 39.2 Å². The van der Waals surface area contributed by atoms with Gasteiger partial charge in [-0.25, -0.2) is 4.39 Å². The van der Waals surface area contributed by atoms with Crippen molar-refractivity contribution in [1.29, 1.82) is 0 Å². The van der Waals surface area contributed by atoms with E-state index in [9.17, 15) is 9.18 Å². The molecule has 1 aromatic rings. The molecule has 0 amide bonds. The van der Waals surface area contributed by atoms with Crippen molar-refractivity contribution in [1.82, 2.24) is 0 Å². The molecule has 1 rings (SSSR count). The monoisotopic (exact) mass is 284 g/mol. The van der Waals surface area contributed by atoms with E-state index in [2.05, 4.69) is 0 Å². The number of ether oxygens (including phenoxy) is 2. The van der Waals surface area contributed by atoms with Gasteiger partial charge in [0, 0.05) is 6.42 Å². The Morgan fingerprint density at radius 1 is 1.30 bits per heavy atom. The van der Waals surface area contributed by atoms with Crippen LogP contribution < -0.4 is 4.74 Å². The summed E-state index contributed by atoms with van der Waals surface area (Å²) in [5.74, 6) is -0.463. The zero-order valence-electron chi connectivity index (χ0n) is 11.7. The van der Waals surface area contributed by atoms with Crippen LogP contribution in [0.25, 0.3) is 0 Å². The predicted molar refractivity (Wildman–Crippen MR) is 72.9 cm³/mol. The highest BCUT2D eigenvalue weighted by Crippen LogP contribution is 2.18. The molecule has 0 aliphatic heterocycles. The Morgan fingerprint density at radius 3 is 2.75 bits per heavy atom. The molecule has 1 N–H and O–H groups in total. The smallest absolute Gasteiger partial charge is 0.305 e. The molecular weight excluding hydrogens is 263 g/mol. The van der Waals surface area contributed by atoms with Gasteiger partial charge in [-0.2, -0.15) is 0 Å². The molecule has 0 atom stereocenters. The van der Waals surface area contributed by atoms with E-state index in [1.54, 1.807) is 13.0 Å². The van der Waals surface area contributed by atoms with Gasteiger partial charge in [0.15, 0.2) is 11.6 Å². The molecule has 0 radical (unpaired) electrons. The molecule has 0 aliphatic carbocycles. The highest BCUT2D eigenvalue weighted by molar-refractivity contribution is 5.69. The number of aliphatic hydroxyl groups excluding tert-OH is 1. The second-order valence-electron chi connectivity index (χ2n) is 4.39. The minimum absolute atomic E-state index is 0.181. The summed E-state index contributed by atoms with van der Waals surface area (Å²) in [6, 6.07) is 4.40. The average Bonchev–Trinajstić information content (AvgIpc) is 2.44. The summed E-state index contributed by atoms with van der Waals surface area (Å²) in [7, 11) is 0. The second kappa shape index (κ2) is 9.31. The van der Waals surface area contributed by atoms with Crippen LogP contribution >= 0.6 is 0 Å². The van der Waals surface area contributed by atoms with Crippen molar-refractivity contribution in [3.05, 3.63) is 29.6 Å². The van der Waals surface area contributed by atoms with Gasteiger partial charge < -0.3 is 14.6 Å². The molecule has 0 bridgehead atoms. The molecule has 0 aromatic heterocycles. The third-order valence-electron chi connectivity index (χ3n) is 2.77. The lowest BCUT2D eigenvalue weighted by molar-refractivity contribution is -0.143. The quantitative estimate of drug-likeness (QED) is 0.559. The van der Waals surface area contributed by atoms with Gasteiger partial charge in [0.1, 0.15) is 0 Å². The normalized spacial score (nSPS) is 10.3. The number of rotatable bonds is 9. The van der Waals surface area contributed by atoms with Gasteiger partial charge in [-0.15, -0.1) is 0 Å². The van der Waals surface area contributed by atoms with E-state index in [1.165, 1.54) is 12.1 Å². The number of hydrogen-bond donors (Lipinski definition) is 1. The third kappa shape index (κ3) is 6.02. The molecule has 0 heterocycles. The number of benzene rings is 1. The highest BCUT2D eigenvalue weighted by Gasteiger charge is 2.05. The van der Waals surface area contributed by atoms with E-state index in [0.717, 1.165) is 19.3 Å². The summed E-state index contributed by atoms with van der Waals surface area (Å²) in [5.41, 5.74) is 0.518. The van der Waals surface area contributed by atoms with Crippen LogP contribution in [0.3, 0.4) is 0 Å². The van der Waals surface area contributed by atoms with Crippen molar-refractivity contribution >= 4 is 5.97 Å². The third-order valence-corrected chi connectivity index (χ3v) is 2.77. The van der Waals surface area contributed by atoms with Crippen molar-refractivity contribution in [3.63, 3.8) is 0 Å². The Labute approximate surface area is 118 Å². The van der Waals surface area contributed by atoms with Crippen LogP contribution in [-0.2, 0) is 16.1 Å². The topological polar surface area (TPSA) is 55.8 Å². The molecular formula is C15H21FO4. The number of hydrogen-bond acceptors (Lipinski definition) is 4. The number of aliphatic hydroxyl groups is 1. The fourth-order valence-corrected chi connectivity index (χ4v) is 1.72. The molecule has 0 unspecified atom stereocenters. The van der Waals surface area contributed by atoms with Gasteiger partial charge in [-0.05, 0) is 43.9 Å². The summed E-state index contributed by atoms with van der Waals surface area (Å²) in [6.07, 6.45) is 2.73. The van der Waals surface area contributed by atoms with Crippen LogP contribution in [0.5, 0.6) is 5.75 Å². The van der Waals surface area contributed by atoms with Crippen molar-refractivity contribution in [3.8, 4) is 5.75 Å². The Balaban J connectivity index is 2.17. The van der Waals surface area contributed by atoms with E-state index in [1.807, 2.05) is 0 Å². The molecule has 5 heteroatoms. The van der Waals surface area contributed by atoms with Gasteiger partial charge >= 0.3 is 5.97 Å². The Hall–Kier alpha value is -1.62. The average molecular weight is 284 g/mol. The maximum atomic E-state index is 13.5. The Bertz CT molecular complexity index is 420. The first kappa shape index (κ1) is 16.4. The van der Waals surface area contributed by atoms with E-state index in [4.69, 9.17) is 14.6 Å². The lowest BCUT2D eigenvalue weighted by atomic mass is 10.2. The van der Waals surface area contributed by atoms with Crippen molar-refractivity contribution < 1.29 is 23.8 Å². The fourth-order valence-electron chi connectivity index (χ4n) is 1.72. The van der Waals surface area contributed by atoms with Crippen LogP contribution in [0.2, 0.25) is 0 Å². The SMILES string of the molecule is CCOC(=O)CCCCCOc1ccc(CO)cc1F. The Kier molecular flexibility index (Phi) is 7.65. The fraction of sp³-hybridized carbons (Fsp3) is 0.533. The second-order valence-corrected chi connectivity index (χ2v) is 4.39. The van der Waals surface area contributed by atoms with E-state index in [-0.39, 0.29) is 18.3 Å². The summed E-state index contributed by atoms with van der Waals surface area (Å²) >= 11 is 0. The minimum Gasteiger partial charge on any atom is -0.491 e. The predicted octanol–water partition coefficient (Wildman–Crippen LogP) is 2.82. The first-order chi connectivity index (χ1) is 9.67. The summed E-state index contributed by atoms with van der Waals surface area (Å²) < 4.78 is 23.6. The van der Waals surface area contributed by atoms with Gasteiger partial charge in [-0.1, -0.05) is 6.07 Å². The first-order valence-corrected chi connectivity index (χ1v) is 6.85. The highest BCUT2D eigenvalue weighted by atomic mass is 19.1. The van der Waals surface area contributed by atoms with E-state index in [0.29, 0.717) is 25.2 Å². The molecule has 112 valence electrons. The van der Waals surface area contributed by atoms with Gasteiger partial charge in [0.2, 0.25) is 0 Å². The molecule has 0 saturated carbocycles. The number of carbonyl (C=O) groups is 1. The number of halogens is 1. The first-order valence-electron chi connectivity index (χ1n) is 6.85. The van der Waals surface area contributed by atoms with Gasteiger partial charge in [-0.3, -0.25) is 4.79 Å². The lowest BCUT2D eigenvalue weighted by Gasteiger charge is -2.08. The summed E-state index contributed by atoms with van der Waals surface area (Å²) in [4.78, 5) is 11.1. The molecule has 20 heavy (non-hydrogen) atoms. The number of esters is 1. The number of unbranched alkanes of at least 4 members (excludes halogenated alkanes) is 2. The van der Waals surface area contributed by atoms with Crippen LogP contribution in [0.15, 0.2) is 18.2 Å². The van der Waals surface area contributed by atoms with Crippen LogP contribution in [0, 0.1) is 5.82 Å². The molecule has 4 nitrogen and oxygen atoms in total.